The summed E-state index contributed by atoms with van der Waals surface area (Å²) >= 11 is 7.85. The molecule has 2 aromatic carbocycles. The minimum absolute atomic E-state index is 0.0154. The molecule has 73 heavy (non-hydrogen) atoms. The number of aromatic nitrogens is 2. The summed E-state index contributed by atoms with van der Waals surface area (Å²) in [7, 11) is 0. The van der Waals surface area contributed by atoms with E-state index in [1.165, 1.54) is 4.90 Å². The van der Waals surface area contributed by atoms with E-state index >= 15 is 0 Å². The van der Waals surface area contributed by atoms with E-state index in [-0.39, 0.29) is 84.2 Å². The van der Waals surface area contributed by atoms with Crippen LogP contribution < -0.4 is 20.7 Å². The molecule has 15 nitrogen and oxygen atoms in total. The van der Waals surface area contributed by atoms with Gasteiger partial charge in [-0.15, -0.1) is 11.3 Å². The van der Waals surface area contributed by atoms with E-state index in [1.54, 1.807) is 35.7 Å². The van der Waals surface area contributed by atoms with Gasteiger partial charge in [0, 0.05) is 73.0 Å². The number of ether oxygens (including phenoxy) is 1. The first-order chi connectivity index (χ1) is 34.5. The number of fused-ring (bicyclic) bond motifs is 2. The van der Waals surface area contributed by atoms with E-state index in [1.807, 2.05) is 76.5 Å². The predicted octanol–water partition coefficient (Wildman–Crippen LogP) is 7.49. The molecule has 3 aliphatic heterocycles. The van der Waals surface area contributed by atoms with Gasteiger partial charge in [-0.3, -0.25) is 29.1 Å². The van der Waals surface area contributed by atoms with Crippen LogP contribution in [0.2, 0.25) is 5.02 Å². The topological polar surface area (TPSA) is 193 Å². The number of aryl methyl sites for hydroxylation is 2. The number of pyridine rings is 1. The minimum atomic E-state index is -0.896. The highest BCUT2D eigenvalue weighted by Gasteiger charge is 2.64. The summed E-state index contributed by atoms with van der Waals surface area (Å²) in [5.74, 6) is -0.520. The zero-order valence-electron chi connectivity index (χ0n) is 43.7. The molecule has 1 saturated carbocycles. The molecule has 6 atom stereocenters. The van der Waals surface area contributed by atoms with Crippen LogP contribution in [0.4, 0.5) is 0 Å². The van der Waals surface area contributed by atoms with Crippen LogP contribution in [-0.2, 0) is 20.8 Å². The number of β-amino-alcohol motifs (C(OH)–C–C–N with tert-alkyl or cyclic N) is 1. The van der Waals surface area contributed by atoms with E-state index in [0.717, 1.165) is 79.1 Å². The largest absolute Gasteiger partial charge is 0.489 e. The number of benzene rings is 2. The van der Waals surface area contributed by atoms with Gasteiger partial charge in [-0.05, 0) is 93.3 Å². The highest BCUT2D eigenvalue weighted by atomic mass is 35.5. The number of likely N-dealkylation sites (tertiary alicyclic amines) is 2. The number of piperazine rings is 1. The van der Waals surface area contributed by atoms with Gasteiger partial charge in [0.2, 0.25) is 17.7 Å². The number of rotatable bonds is 17. The highest BCUT2D eigenvalue weighted by molar-refractivity contribution is 7.13. The van der Waals surface area contributed by atoms with Crippen LogP contribution in [0.1, 0.15) is 126 Å². The summed E-state index contributed by atoms with van der Waals surface area (Å²) in [6.07, 6.45) is 5.48. The molecule has 4 N–H and O–H groups in total. The van der Waals surface area contributed by atoms with E-state index in [4.69, 9.17) is 16.3 Å². The summed E-state index contributed by atoms with van der Waals surface area (Å²) in [5, 5.41) is 29.8. The first-order valence-electron chi connectivity index (χ1n) is 25.7. The number of halogens is 1. The molecule has 0 spiro atoms. The molecule has 3 saturated heterocycles. The number of carbonyl (C=O) groups is 4. The second-order valence-corrected chi connectivity index (χ2v) is 24.3. The highest BCUT2D eigenvalue weighted by Crippen LogP contribution is 2.55. The summed E-state index contributed by atoms with van der Waals surface area (Å²) < 4.78 is 6.38. The Bertz CT molecular complexity index is 2670. The third-order valence-electron chi connectivity index (χ3n) is 15.8. The van der Waals surface area contributed by atoms with Crippen molar-refractivity contribution in [2.24, 2.45) is 16.2 Å². The smallest absolute Gasteiger partial charge is 0.253 e. The summed E-state index contributed by atoms with van der Waals surface area (Å²) in [4.78, 5) is 71.9. The molecular formula is C56H72ClN9O6S. The molecule has 4 aromatic rings. The Balaban J connectivity index is 0.773. The van der Waals surface area contributed by atoms with Crippen molar-refractivity contribution < 1.29 is 29.0 Å². The molecule has 8 rings (SSSR count). The fraction of sp³-hybridized carbons (Fsp3) is 0.554. The Labute approximate surface area is 439 Å². The van der Waals surface area contributed by atoms with Crippen molar-refractivity contribution in [3.8, 4) is 22.3 Å². The van der Waals surface area contributed by atoms with Crippen LogP contribution in [-0.4, -0.2) is 129 Å². The molecule has 4 amide bonds. The maximum Gasteiger partial charge on any atom is 0.253 e. The van der Waals surface area contributed by atoms with Crippen molar-refractivity contribution >= 4 is 46.6 Å². The van der Waals surface area contributed by atoms with Crippen LogP contribution in [0.3, 0.4) is 0 Å². The Kier molecular flexibility index (Phi) is 16.1. The Morgan fingerprint density at radius 2 is 1.66 bits per heavy atom. The normalized spacial score (nSPS) is 24.2. The number of amides is 4. The zero-order chi connectivity index (χ0) is 52.6. The number of carbonyl (C=O) groups excluding carboxylic acids is 4. The molecule has 390 valence electrons. The van der Waals surface area contributed by atoms with E-state index < -0.39 is 23.6 Å². The van der Waals surface area contributed by atoms with Gasteiger partial charge in [0.05, 0.1) is 50.9 Å². The lowest BCUT2D eigenvalue weighted by Gasteiger charge is -2.63. The molecule has 5 heterocycles. The van der Waals surface area contributed by atoms with Crippen molar-refractivity contribution in [2.45, 2.75) is 149 Å². The Morgan fingerprint density at radius 1 is 0.959 bits per heavy atom. The van der Waals surface area contributed by atoms with Gasteiger partial charge in [0.1, 0.15) is 30.0 Å². The maximum absolute atomic E-state index is 14.4. The monoisotopic (exact) mass is 1030 g/mol. The van der Waals surface area contributed by atoms with Gasteiger partial charge in [-0.2, -0.15) is 5.26 Å². The molecule has 4 aliphatic rings. The lowest BCUT2D eigenvalue weighted by Crippen LogP contribution is -2.74. The van der Waals surface area contributed by atoms with Crippen LogP contribution >= 0.6 is 22.9 Å². The van der Waals surface area contributed by atoms with Gasteiger partial charge in [-0.25, -0.2) is 4.98 Å². The number of thiazole rings is 1. The fourth-order valence-corrected chi connectivity index (χ4v) is 13.1. The van der Waals surface area contributed by atoms with Crippen molar-refractivity contribution in [1.29, 1.82) is 5.26 Å². The van der Waals surface area contributed by atoms with E-state index in [2.05, 4.69) is 69.5 Å². The number of nitrogens with zero attached hydrogens (tertiary/aromatic N) is 6. The molecule has 17 heteroatoms. The predicted molar refractivity (Wildman–Crippen MR) is 283 cm³/mol. The van der Waals surface area contributed by atoms with Crippen LogP contribution in [0.15, 0.2) is 66.3 Å². The lowest BCUT2D eigenvalue weighted by molar-refractivity contribution is -0.164. The third-order valence-corrected chi connectivity index (χ3v) is 17.1. The summed E-state index contributed by atoms with van der Waals surface area (Å²) in [6.45, 7) is 20.8. The first-order valence-corrected chi connectivity index (χ1v) is 27.0. The maximum atomic E-state index is 14.4. The fourth-order valence-electron chi connectivity index (χ4n) is 12.1. The standard InChI is InChI=1S/C56H72ClN9O6S/c1-33(35-13-15-36(16-14-35)47-34(2)60-32-73-47)61-50(70)45-24-42(67)30-66(45)51(71)48(54(3,4)5)62-46(68)31-65-40-20-21-41(65)29-64(28-40)23-11-10-12-39-19-17-38(27-59-39)49(69)63-52-55(6,7)53(56(52,8)9)72-43-22-18-37(26-58)44(57)25-43/h13-19,22,25,27,32-33,40-42,45,48,52-53,67H,10-12,20-21,23-24,28-31H2,1-9H3,(H,61,70)(H,62,68)(H,63,69)/t33-,40?,41?,42+,45-,48+,52?,53?/m0/s1. The molecule has 2 unspecified atom stereocenters. The van der Waals surface area contributed by atoms with Crippen molar-refractivity contribution in [2.75, 3.05) is 32.7 Å². The van der Waals surface area contributed by atoms with Crippen LogP contribution in [0.25, 0.3) is 10.4 Å². The number of aliphatic hydroxyl groups excluding tert-OH is 1. The quantitative estimate of drug-likeness (QED) is 0.0766. The molecule has 2 bridgehead atoms. The molecule has 0 radical (unpaired) electrons. The molecular weight excluding hydrogens is 962 g/mol. The number of hydrogen-bond acceptors (Lipinski definition) is 12. The molecule has 1 aliphatic carbocycles. The number of aliphatic hydroxyl groups is 1. The minimum Gasteiger partial charge on any atom is -0.489 e. The van der Waals surface area contributed by atoms with E-state index in [0.29, 0.717) is 21.9 Å². The molecule has 4 fully saturated rings. The van der Waals surface area contributed by atoms with E-state index in [9.17, 15) is 29.5 Å². The average molecular weight is 1030 g/mol. The van der Waals surface area contributed by atoms with Crippen molar-refractivity contribution in [3.63, 3.8) is 0 Å². The third kappa shape index (κ3) is 11.8. The van der Waals surface area contributed by atoms with Gasteiger partial charge >= 0.3 is 0 Å². The average Bonchev–Trinajstić information content (AvgIpc) is 4.02. The van der Waals surface area contributed by atoms with Gasteiger partial charge < -0.3 is 35.6 Å². The van der Waals surface area contributed by atoms with Crippen molar-refractivity contribution in [3.05, 3.63) is 99.4 Å². The van der Waals surface area contributed by atoms with Crippen LogP contribution in [0, 0.1) is 34.5 Å². The van der Waals surface area contributed by atoms with Crippen LogP contribution in [0.5, 0.6) is 5.75 Å². The summed E-state index contributed by atoms with van der Waals surface area (Å²) in [5.41, 5.74) is 5.20. The van der Waals surface area contributed by atoms with Gasteiger partial charge in [0.15, 0.2) is 0 Å². The number of unbranched alkanes of at least 4 members (excludes halogenated alkanes) is 1. The lowest BCUT2D eigenvalue weighted by atomic mass is 9.49. The second-order valence-electron chi connectivity index (χ2n) is 23.0. The van der Waals surface area contributed by atoms with Crippen molar-refractivity contribution in [1.82, 2.24) is 40.6 Å². The Morgan fingerprint density at radius 3 is 2.26 bits per heavy atom. The number of nitriles is 1. The molecule has 2 aromatic heterocycles. The Hall–Kier alpha value is -5.44. The van der Waals surface area contributed by atoms with Gasteiger partial charge in [0.25, 0.3) is 5.91 Å². The second kappa shape index (κ2) is 21.8. The number of hydrogen-bond donors (Lipinski definition) is 4. The van der Waals surface area contributed by atoms with Gasteiger partial charge in [-0.1, -0.05) is 84.3 Å². The number of nitrogens with one attached hydrogen (secondary N) is 3. The first kappa shape index (κ1) is 53.8. The summed E-state index contributed by atoms with van der Waals surface area (Å²) in [6, 6.07) is 17.1. The SMILES string of the molecule is Cc1ncsc1-c1ccc([C@H](C)NC(=O)[C@@H]2C[C@@H](O)CN2C(=O)[C@@H](NC(=O)CN2C3CCC2CN(CCCCc2ccc(C(=O)NC4C(C)(C)C(Oc5ccc(C#N)c(Cl)c5)C4(C)C)cn2)C3)C(C)(C)C)cc1. The zero-order valence-corrected chi connectivity index (χ0v) is 45.3.